The number of aromatic hydroxyl groups is 1. The number of aliphatic hydroxyl groups excluding tert-OH is 1. The van der Waals surface area contributed by atoms with Crippen molar-refractivity contribution >= 4 is 17.0 Å². The predicted octanol–water partition coefficient (Wildman–Crippen LogP) is 2.15. The topological polar surface area (TPSA) is 56.2 Å². The molecule has 2 aromatic rings. The molecule has 0 bridgehead atoms. The van der Waals surface area contributed by atoms with Gasteiger partial charge in [0, 0.05) is 37.6 Å². The van der Waals surface area contributed by atoms with Crippen LogP contribution in [0.3, 0.4) is 0 Å². The van der Waals surface area contributed by atoms with Crippen molar-refractivity contribution in [1.29, 1.82) is 0 Å². The number of hydrogen-bond donors (Lipinski definition) is 2. The molecule has 3 rings (SSSR count). The fourth-order valence-electron chi connectivity index (χ4n) is 2.94. The van der Waals surface area contributed by atoms with E-state index in [-0.39, 0.29) is 0 Å². The Bertz CT molecular complexity index is 612. The molecule has 0 radical (unpaired) electrons. The highest BCUT2D eigenvalue weighted by Crippen LogP contribution is 2.27. The molecular formula is C18H24N2O3S. The lowest BCUT2D eigenvalue weighted by molar-refractivity contribution is 0.00990. The molecule has 1 saturated heterocycles. The lowest BCUT2D eigenvalue weighted by atomic mass is 10.2. The molecular weight excluding hydrogens is 324 g/mol. The Morgan fingerprint density at radius 1 is 1.08 bits per heavy atom. The number of phenolic OH excluding ortho intramolecular Hbond substituents is 1. The number of thiophene rings is 1. The quantitative estimate of drug-likeness (QED) is 0.803. The number of nitrogens with zero attached hydrogens (tertiary/aromatic N) is 2. The van der Waals surface area contributed by atoms with Crippen LogP contribution in [0.1, 0.15) is 4.88 Å². The van der Waals surface area contributed by atoms with Crippen molar-refractivity contribution in [2.45, 2.75) is 12.7 Å². The lowest BCUT2D eigenvalue weighted by Gasteiger charge is -2.37. The van der Waals surface area contributed by atoms with E-state index < -0.39 is 6.10 Å². The molecule has 24 heavy (non-hydrogen) atoms. The second kappa shape index (κ2) is 8.48. The number of aliphatic hydroxyl groups is 1. The smallest absolute Gasteiger partial charge is 0.138 e. The second-order valence-electron chi connectivity index (χ2n) is 6.02. The van der Waals surface area contributed by atoms with E-state index in [1.165, 1.54) is 4.88 Å². The molecule has 0 unspecified atom stereocenters. The summed E-state index contributed by atoms with van der Waals surface area (Å²) in [5.74, 6) is 0.327. The van der Waals surface area contributed by atoms with E-state index in [9.17, 15) is 10.2 Å². The van der Waals surface area contributed by atoms with Crippen molar-refractivity contribution in [3.05, 3.63) is 46.7 Å². The Labute approximate surface area is 146 Å². The van der Waals surface area contributed by atoms with Crippen molar-refractivity contribution in [3.8, 4) is 5.75 Å². The van der Waals surface area contributed by atoms with Crippen LogP contribution in [0.25, 0.3) is 0 Å². The van der Waals surface area contributed by atoms with Crippen molar-refractivity contribution < 1.29 is 14.9 Å². The predicted molar refractivity (Wildman–Crippen MR) is 96.7 cm³/mol. The first-order chi connectivity index (χ1) is 11.7. The first-order valence-electron chi connectivity index (χ1n) is 8.26. The molecule has 2 heterocycles. The van der Waals surface area contributed by atoms with E-state index >= 15 is 0 Å². The van der Waals surface area contributed by atoms with Gasteiger partial charge < -0.3 is 19.8 Å². The van der Waals surface area contributed by atoms with E-state index in [0.717, 1.165) is 31.9 Å². The van der Waals surface area contributed by atoms with Gasteiger partial charge in [-0.15, -0.1) is 11.3 Å². The zero-order chi connectivity index (χ0) is 16.8. The molecule has 0 aliphatic carbocycles. The van der Waals surface area contributed by atoms with Gasteiger partial charge in [-0.05, 0) is 23.6 Å². The minimum Gasteiger partial charge on any atom is -0.506 e. The summed E-state index contributed by atoms with van der Waals surface area (Å²) in [6, 6.07) is 11.5. The number of ether oxygens (including phenoxy) is 1. The molecule has 0 saturated carbocycles. The van der Waals surface area contributed by atoms with Crippen LogP contribution in [0, 0.1) is 0 Å². The highest BCUT2D eigenvalue weighted by atomic mass is 32.1. The van der Waals surface area contributed by atoms with Crippen molar-refractivity contribution in [3.63, 3.8) is 0 Å². The SMILES string of the molecule is Oc1ccccc1N1CCN(C[C@H](O)COCc2cccs2)CC1. The maximum absolute atomic E-state index is 10.1. The third-order valence-corrected chi connectivity index (χ3v) is 5.05. The van der Waals surface area contributed by atoms with Gasteiger partial charge in [0.25, 0.3) is 0 Å². The van der Waals surface area contributed by atoms with Crippen LogP contribution < -0.4 is 4.90 Å². The number of β-amino-alcohol motifs (C(OH)–C–C–N with tert-alkyl or cyclic N) is 1. The summed E-state index contributed by atoms with van der Waals surface area (Å²) in [6.07, 6.45) is -0.471. The van der Waals surface area contributed by atoms with Crippen molar-refractivity contribution in [1.82, 2.24) is 4.90 Å². The normalized spacial score (nSPS) is 17.1. The summed E-state index contributed by atoms with van der Waals surface area (Å²) in [4.78, 5) is 5.61. The average molecular weight is 348 g/mol. The molecule has 1 aliphatic heterocycles. The van der Waals surface area contributed by atoms with Crippen LogP contribution in [-0.4, -0.2) is 60.5 Å². The number of benzene rings is 1. The van der Waals surface area contributed by atoms with Gasteiger partial charge in [0.1, 0.15) is 5.75 Å². The molecule has 1 aliphatic rings. The van der Waals surface area contributed by atoms with Gasteiger partial charge in [-0.25, -0.2) is 0 Å². The second-order valence-corrected chi connectivity index (χ2v) is 7.06. The van der Waals surface area contributed by atoms with Crippen LogP contribution in [0.4, 0.5) is 5.69 Å². The largest absolute Gasteiger partial charge is 0.506 e. The molecule has 0 amide bonds. The molecule has 5 nitrogen and oxygen atoms in total. The minimum absolute atomic E-state index is 0.327. The van der Waals surface area contributed by atoms with Crippen LogP contribution >= 0.6 is 11.3 Å². The summed E-state index contributed by atoms with van der Waals surface area (Å²) < 4.78 is 5.58. The van der Waals surface area contributed by atoms with Gasteiger partial charge in [-0.1, -0.05) is 18.2 Å². The maximum Gasteiger partial charge on any atom is 0.138 e. The Morgan fingerprint density at radius 2 is 1.88 bits per heavy atom. The van der Waals surface area contributed by atoms with E-state index in [0.29, 0.717) is 25.5 Å². The highest BCUT2D eigenvalue weighted by Gasteiger charge is 2.20. The van der Waals surface area contributed by atoms with E-state index in [2.05, 4.69) is 9.80 Å². The Hall–Kier alpha value is -1.60. The lowest BCUT2D eigenvalue weighted by Crippen LogP contribution is -2.49. The minimum atomic E-state index is -0.471. The summed E-state index contributed by atoms with van der Waals surface area (Å²) in [6.45, 7) is 4.99. The van der Waals surface area contributed by atoms with E-state index in [1.807, 2.05) is 35.7 Å². The van der Waals surface area contributed by atoms with Crippen molar-refractivity contribution in [2.75, 3.05) is 44.2 Å². The third-order valence-electron chi connectivity index (χ3n) is 4.20. The third kappa shape index (κ3) is 4.70. The van der Waals surface area contributed by atoms with Gasteiger partial charge in [0.15, 0.2) is 0 Å². The number of phenols is 1. The summed E-state index contributed by atoms with van der Waals surface area (Å²) >= 11 is 1.67. The molecule has 1 fully saturated rings. The number of para-hydroxylation sites is 2. The monoisotopic (exact) mass is 348 g/mol. The van der Waals surface area contributed by atoms with Gasteiger partial charge >= 0.3 is 0 Å². The molecule has 1 aromatic carbocycles. The number of rotatable bonds is 7. The van der Waals surface area contributed by atoms with Crippen LogP contribution in [0.15, 0.2) is 41.8 Å². The fourth-order valence-corrected chi connectivity index (χ4v) is 3.58. The Balaban J connectivity index is 1.38. The Kier molecular flexibility index (Phi) is 6.09. The van der Waals surface area contributed by atoms with Crippen LogP contribution in [0.5, 0.6) is 5.75 Å². The van der Waals surface area contributed by atoms with E-state index in [1.54, 1.807) is 17.4 Å². The summed E-state index contributed by atoms with van der Waals surface area (Å²) in [7, 11) is 0. The van der Waals surface area contributed by atoms with Crippen molar-refractivity contribution in [2.24, 2.45) is 0 Å². The van der Waals surface area contributed by atoms with E-state index in [4.69, 9.17) is 4.74 Å². The molecule has 2 N–H and O–H groups in total. The number of piperazine rings is 1. The summed E-state index contributed by atoms with van der Waals surface area (Å²) in [5.41, 5.74) is 0.886. The average Bonchev–Trinajstić information content (AvgIpc) is 3.10. The van der Waals surface area contributed by atoms with Crippen LogP contribution in [0.2, 0.25) is 0 Å². The highest BCUT2D eigenvalue weighted by molar-refractivity contribution is 7.09. The zero-order valence-corrected chi connectivity index (χ0v) is 14.5. The zero-order valence-electron chi connectivity index (χ0n) is 13.7. The number of hydrogen-bond acceptors (Lipinski definition) is 6. The van der Waals surface area contributed by atoms with Gasteiger partial charge in [-0.3, -0.25) is 4.90 Å². The van der Waals surface area contributed by atoms with Gasteiger partial charge in [0.05, 0.1) is 25.0 Å². The fraction of sp³-hybridized carbons (Fsp3) is 0.444. The van der Waals surface area contributed by atoms with Crippen LogP contribution in [-0.2, 0) is 11.3 Å². The molecule has 6 heteroatoms. The number of anilines is 1. The first kappa shape index (κ1) is 17.2. The molecule has 1 aromatic heterocycles. The Morgan fingerprint density at radius 3 is 2.58 bits per heavy atom. The molecule has 0 spiro atoms. The maximum atomic E-state index is 10.1. The molecule has 130 valence electrons. The first-order valence-corrected chi connectivity index (χ1v) is 9.14. The van der Waals surface area contributed by atoms with Gasteiger partial charge in [-0.2, -0.15) is 0 Å². The van der Waals surface area contributed by atoms with Gasteiger partial charge in [0.2, 0.25) is 0 Å². The standard InChI is InChI=1S/C18H24N2O3S/c21-15(13-23-14-16-4-3-11-24-16)12-19-7-9-20(10-8-19)17-5-1-2-6-18(17)22/h1-6,11,15,21-22H,7-10,12-14H2/t15-/m0/s1. The molecule has 1 atom stereocenters. The summed E-state index contributed by atoms with van der Waals surface area (Å²) in [5, 5.41) is 22.1.